The molecule has 0 saturated carbocycles. The summed E-state index contributed by atoms with van der Waals surface area (Å²) in [4.78, 5) is 18.3. The van der Waals surface area contributed by atoms with E-state index in [2.05, 4.69) is 5.32 Å². The maximum absolute atomic E-state index is 12.8. The van der Waals surface area contributed by atoms with Gasteiger partial charge in [0.15, 0.2) is 16.5 Å². The number of amides is 1. The molecule has 9 heteroatoms. The average Bonchev–Trinajstić information content (AvgIpc) is 3.40. The van der Waals surface area contributed by atoms with Gasteiger partial charge in [0, 0.05) is 28.9 Å². The van der Waals surface area contributed by atoms with E-state index in [4.69, 9.17) is 23.9 Å². The van der Waals surface area contributed by atoms with Crippen LogP contribution in [0.25, 0.3) is 16.2 Å². The normalized spacial score (nSPS) is 10.8. The second-order valence-electron chi connectivity index (χ2n) is 6.87. The standard InChI is InChI=1S/C23H23N3O5S/c1-28-16-6-8-19(29-2)17(11-16)24-22(27)10-15-13-32-23-25-18(12-26(15)23)14-5-7-20(30-3)21(9-14)31-4/h5-9,11-13H,10H2,1-4H3,(H,24,27). The Bertz CT molecular complexity index is 1260. The molecule has 0 bridgehead atoms. The number of hydrogen-bond donors (Lipinski definition) is 1. The van der Waals surface area contributed by atoms with Gasteiger partial charge in [0.1, 0.15) is 11.5 Å². The molecular formula is C23H23N3O5S. The Balaban J connectivity index is 1.56. The number of nitrogens with zero attached hydrogens (tertiary/aromatic N) is 2. The lowest BCUT2D eigenvalue weighted by Gasteiger charge is -2.11. The third-order valence-corrected chi connectivity index (χ3v) is 5.87. The number of carbonyl (C=O) groups is 1. The molecular weight excluding hydrogens is 430 g/mol. The summed E-state index contributed by atoms with van der Waals surface area (Å²) in [7, 11) is 6.33. The maximum Gasteiger partial charge on any atom is 0.230 e. The van der Waals surface area contributed by atoms with Gasteiger partial charge in [-0.1, -0.05) is 0 Å². The topological polar surface area (TPSA) is 83.3 Å². The number of nitrogens with one attached hydrogen (secondary N) is 1. The van der Waals surface area contributed by atoms with E-state index in [1.807, 2.05) is 34.2 Å². The summed E-state index contributed by atoms with van der Waals surface area (Å²) in [6.45, 7) is 0. The van der Waals surface area contributed by atoms with Crippen LogP contribution in [0.4, 0.5) is 5.69 Å². The first kappa shape index (κ1) is 21.5. The number of carbonyl (C=O) groups excluding carboxylic acids is 1. The Labute approximate surface area is 189 Å². The zero-order chi connectivity index (χ0) is 22.7. The first-order valence-corrected chi connectivity index (χ1v) is 10.6. The number of thiazole rings is 1. The van der Waals surface area contributed by atoms with E-state index in [0.29, 0.717) is 28.7 Å². The van der Waals surface area contributed by atoms with Crippen molar-refractivity contribution in [2.75, 3.05) is 33.8 Å². The largest absolute Gasteiger partial charge is 0.497 e. The quantitative estimate of drug-likeness (QED) is 0.429. The summed E-state index contributed by atoms with van der Waals surface area (Å²) >= 11 is 1.48. The first-order valence-electron chi connectivity index (χ1n) is 9.76. The Morgan fingerprint density at radius 1 is 0.969 bits per heavy atom. The van der Waals surface area contributed by atoms with Crippen molar-refractivity contribution in [1.29, 1.82) is 0 Å². The second-order valence-corrected chi connectivity index (χ2v) is 7.70. The van der Waals surface area contributed by atoms with Crippen molar-refractivity contribution in [3.05, 3.63) is 53.7 Å². The van der Waals surface area contributed by atoms with Crippen LogP contribution in [0.2, 0.25) is 0 Å². The number of aromatic nitrogens is 2. The van der Waals surface area contributed by atoms with Crippen LogP contribution in [0.1, 0.15) is 5.69 Å². The van der Waals surface area contributed by atoms with Gasteiger partial charge in [-0.3, -0.25) is 9.20 Å². The van der Waals surface area contributed by atoms with E-state index in [9.17, 15) is 4.79 Å². The van der Waals surface area contributed by atoms with Crippen molar-refractivity contribution >= 4 is 27.9 Å². The minimum atomic E-state index is -0.169. The number of rotatable bonds is 8. The van der Waals surface area contributed by atoms with Crippen molar-refractivity contribution in [2.45, 2.75) is 6.42 Å². The number of methoxy groups -OCH3 is 4. The molecule has 2 aromatic carbocycles. The predicted molar refractivity (Wildman–Crippen MR) is 123 cm³/mol. The van der Waals surface area contributed by atoms with Gasteiger partial charge in [-0.2, -0.15) is 0 Å². The Morgan fingerprint density at radius 2 is 1.72 bits per heavy atom. The van der Waals surface area contributed by atoms with E-state index >= 15 is 0 Å². The van der Waals surface area contributed by atoms with Gasteiger partial charge in [0.05, 0.1) is 46.2 Å². The minimum absolute atomic E-state index is 0.169. The molecule has 1 amide bonds. The summed E-state index contributed by atoms with van der Waals surface area (Å²) in [5.74, 6) is 2.31. The minimum Gasteiger partial charge on any atom is -0.497 e. The molecule has 0 aliphatic heterocycles. The van der Waals surface area contributed by atoms with Crippen molar-refractivity contribution in [2.24, 2.45) is 0 Å². The molecule has 0 radical (unpaired) electrons. The lowest BCUT2D eigenvalue weighted by Crippen LogP contribution is -2.16. The SMILES string of the molecule is COc1ccc(OC)c(NC(=O)Cc2csc3nc(-c4ccc(OC)c(OC)c4)cn23)c1. The Kier molecular flexibility index (Phi) is 6.18. The van der Waals surface area contributed by atoms with E-state index in [0.717, 1.165) is 21.9 Å². The number of benzene rings is 2. The van der Waals surface area contributed by atoms with Crippen LogP contribution >= 0.6 is 11.3 Å². The second kappa shape index (κ2) is 9.19. The fourth-order valence-corrected chi connectivity index (χ4v) is 4.23. The van der Waals surface area contributed by atoms with Gasteiger partial charge < -0.3 is 24.3 Å². The van der Waals surface area contributed by atoms with Crippen molar-refractivity contribution in [3.63, 3.8) is 0 Å². The lowest BCUT2D eigenvalue weighted by molar-refractivity contribution is -0.115. The molecule has 1 N–H and O–H groups in total. The lowest BCUT2D eigenvalue weighted by atomic mass is 10.1. The number of ether oxygens (including phenoxy) is 4. The smallest absolute Gasteiger partial charge is 0.230 e. The van der Waals surface area contributed by atoms with Crippen LogP contribution in [0.5, 0.6) is 23.0 Å². The molecule has 4 rings (SSSR count). The highest BCUT2D eigenvalue weighted by Gasteiger charge is 2.15. The van der Waals surface area contributed by atoms with E-state index in [1.54, 1.807) is 46.6 Å². The fraction of sp³-hybridized carbons (Fsp3) is 0.217. The molecule has 0 saturated heterocycles. The summed E-state index contributed by atoms with van der Waals surface area (Å²) < 4.78 is 23.2. The number of imidazole rings is 1. The number of fused-ring (bicyclic) bond motifs is 1. The molecule has 0 unspecified atom stereocenters. The molecule has 4 aromatic rings. The number of hydrogen-bond acceptors (Lipinski definition) is 7. The van der Waals surface area contributed by atoms with Gasteiger partial charge in [-0.15, -0.1) is 11.3 Å². The van der Waals surface area contributed by atoms with Crippen LogP contribution in [0, 0.1) is 0 Å². The van der Waals surface area contributed by atoms with Gasteiger partial charge >= 0.3 is 0 Å². The Hall–Kier alpha value is -3.72. The summed E-state index contributed by atoms with van der Waals surface area (Å²) in [5, 5.41) is 4.84. The molecule has 2 heterocycles. The molecule has 0 atom stereocenters. The molecule has 2 aromatic heterocycles. The fourth-order valence-electron chi connectivity index (χ4n) is 3.36. The van der Waals surface area contributed by atoms with Crippen LogP contribution in [0.3, 0.4) is 0 Å². The zero-order valence-corrected chi connectivity index (χ0v) is 19.0. The van der Waals surface area contributed by atoms with Crippen LogP contribution in [-0.4, -0.2) is 43.7 Å². The van der Waals surface area contributed by atoms with Gasteiger partial charge in [0.25, 0.3) is 0 Å². The molecule has 0 spiro atoms. The third-order valence-electron chi connectivity index (χ3n) is 4.99. The summed E-state index contributed by atoms with van der Waals surface area (Å²) in [6, 6.07) is 10.9. The van der Waals surface area contributed by atoms with E-state index < -0.39 is 0 Å². The zero-order valence-electron chi connectivity index (χ0n) is 18.2. The van der Waals surface area contributed by atoms with E-state index in [-0.39, 0.29) is 12.3 Å². The van der Waals surface area contributed by atoms with Crippen LogP contribution < -0.4 is 24.3 Å². The molecule has 32 heavy (non-hydrogen) atoms. The molecule has 0 aliphatic rings. The van der Waals surface area contributed by atoms with Gasteiger partial charge in [0.2, 0.25) is 5.91 Å². The van der Waals surface area contributed by atoms with Crippen LogP contribution in [0.15, 0.2) is 48.0 Å². The average molecular weight is 454 g/mol. The predicted octanol–water partition coefficient (Wildman–Crippen LogP) is 4.28. The van der Waals surface area contributed by atoms with Gasteiger partial charge in [-0.25, -0.2) is 4.98 Å². The highest BCUT2D eigenvalue weighted by atomic mass is 32.1. The molecule has 8 nitrogen and oxygen atoms in total. The molecule has 166 valence electrons. The van der Waals surface area contributed by atoms with Crippen molar-refractivity contribution in [3.8, 4) is 34.3 Å². The first-order chi connectivity index (χ1) is 15.6. The highest BCUT2D eigenvalue weighted by molar-refractivity contribution is 7.15. The highest BCUT2D eigenvalue weighted by Crippen LogP contribution is 2.33. The summed E-state index contributed by atoms with van der Waals surface area (Å²) in [5.41, 5.74) is 3.08. The molecule has 0 fully saturated rings. The van der Waals surface area contributed by atoms with Crippen molar-refractivity contribution < 1.29 is 23.7 Å². The summed E-state index contributed by atoms with van der Waals surface area (Å²) in [6.07, 6.45) is 2.10. The molecule has 0 aliphatic carbocycles. The van der Waals surface area contributed by atoms with Gasteiger partial charge in [-0.05, 0) is 30.3 Å². The van der Waals surface area contributed by atoms with Crippen molar-refractivity contribution in [1.82, 2.24) is 9.38 Å². The monoisotopic (exact) mass is 453 g/mol. The third kappa shape index (κ3) is 4.19. The van der Waals surface area contributed by atoms with Crippen LogP contribution in [-0.2, 0) is 11.2 Å². The Morgan fingerprint density at radius 3 is 2.44 bits per heavy atom. The van der Waals surface area contributed by atoms with E-state index in [1.165, 1.54) is 11.3 Å². The number of anilines is 1. The maximum atomic E-state index is 12.8.